The lowest BCUT2D eigenvalue weighted by Gasteiger charge is -2.27. The van der Waals surface area contributed by atoms with Crippen molar-refractivity contribution < 1.29 is 29.0 Å². The van der Waals surface area contributed by atoms with Crippen molar-refractivity contribution in [2.45, 2.75) is 0 Å². The van der Waals surface area contributed by atoms with Crippen molar-refractivity contribution in [1.82, 2.24) is 9.80 Å². The highest BCUT2D eigenvalue weighted by Gasteiger charge is 2.39. The van der Waals surface area contributed by atoms with E-state index in [1.54, 1.807) is 0 Å². The standard InChI is InChI=1S/C26H12N4O8/c1-27-23(31)11-5-3-9-20-16(30(37)38)8-14-18-12(24(32)28(2)26(14)34)6-4-10(22(18)20)19-15(29(35)36)7-13(25(27)33)17(11)21(9)19/h3-8H,1-2H3. The molecule has 0 aliphatic carbocycles. The van der Waals surface area contributed by atoms with Crippen molar-refractivity contribution in [3.05, 3.63) is 78.9 Å². The predicted molar refractivity (Wildman–Crippen MR) is 134 cm³/mol. The molecule has 12 nitrogen and oxygen atoms in total. The fraction of sp³-hybridized carbons (Fsp3) is 0.0769. The summed E-state index contributed by atoms with van der Waals surface area (Å²) >= 11 is 0. The van der Waals surface area contributed by atoms with Crippen LogP contribution in [0.4, 0.5) is 11.4 Å². The van der Waals surface area contributed by atoms with Crippen molar-refractivity contribution in [1.29, 1.82) is 0 Å². The SMILES string of the molecule is CN1C(=O)c2ccc3c4c([N+](=O)[O-])cc5c6c(ccc(c7c([N+](=O)[O-])cc(c2c37)C1=O)c64)C(=O)N(C)C5=O. The number of nitro benzene ring substituents is 2. The highest BCUT2D eigenvalue weighted by atomic mass is 16.6. The fourth-order valence-corrected chi connectivity index (χ4v) is 5.95. The predicted octanol–water partition coefficient (Wildman–Crippen LogP) is 4.01. The van der Waals surface area contributed by atoms with E-state index in [2.05, 4.69) is 0 Å². The molecule has 0 fully saturated rings. The van der Waals surface area contributed by atoms with Gasteiger partial charge in [0.25, 0.3) is 35.0 Å². The Bertz CT molecular complexity index is 1950. The summed E-state index contributed by atoms with van der Waals surface area (Å²) < 4.78 is 0. The number of imide groups is 2. The van der Waals surface area contributed by atoms with Crippen LogP contribution in [-0.4, -0.2) is 57.4 Å². The van der Waals surface area contributed by atoms with Gasteiger partial charge in [0.05, 0.1) is 31.7 Å². The van der Waals surface area contributed by atoms with E-state index >= 15 is 0 Å². The molecule has 0 aromatic heterocycles. The number of amides is 4. The number of nitro groups is 2. The third-order valence-electron chi connectivity index (χ3n) is 7.60. The molecular weight excluding hydrogens is 496 g/mol. The third kappa shape index (κ3) is 2.25. The molecule has 4 amide bonds. The maximum atomic E-state index is 13.1. The summed E-state index contributed by atoms with van der Waals surface area (Å²) in [4.78, 5) is 77.2. The molecule has 12 heteroatoms. The van der Waals surface area contributed by atoms with Gasteiger partial charge in [0, 0.05) is 58.9 Å². The van der Waals surface area contributed by atoms with E-state index in [1.165, 1.54) is 38.4 Å². The number of benzene rings is 5. The van der Waals surface area contributed by atoms with Gasteiger partial charge in [-0.15, -0.1) is 0 Å². The molecule has 0 bridgehead atoms. The summed E-state index contributed by atoms with van der Waals surface area (Å²) in [5.41, 5.74) is -0.777. The van der Waals surface area contributed by atoms with Crippen molar-refractivity contribution in [2.75, 3.05) is 14.1 Å². The van der Waals surface area contributed by atoms with Gasteiger partial charge in [0.1, 0.15) is 0 Å². The molecule has 7 rings (SSSR count). The highest BCUT2D eigenvalue weighted by molar-refractivity contribution is 6.43. The summed E-state index contributed by atoms with van der Waals surface area (Å²) in [6, 6.07) is 7.97. The van der Waals surface area contributed by atoms with Crippen LogP contribution in [-0.2, 0) is 0 Å². The Labute approximate surface area is 210 Å². The van der Waals surface area contributed by atoms with Crippen LogP contribution in [0.25, 0.3) is 43.1 Å². The average molecular weight is 508 g/mol. The number of rotatable bonds is 2. The minimum absolute atomic E-state index is 0.0556. The van der Waals surface area contributed by atoms with E-state index in [0.717, 1.165) is 21.9 Å². The lowest BCUT2D eigenvalue weighted by molar-refractivity contribution is -0.383. The molecule has 0 atom stereocenters. The molecule has 5 aromatic rings. The fourth-order valence-electron chi connectivity index (χ4n) is 5.95. The summed E-state index contributed by atoms with van der Waals surface area (Å²) in [5.74, 6) is -2.70. The maximum absolute atomic E-state index is 13.1. The highest BCUT2D eigenvalue weighted by Crippen LogP contribution is 2.51. The number of hydrogen-bond acceptors (Lipinski definition) is 8. The van der Waals surface area contributed by atoms with Crippen LogP contribution in [0, 0.1) is 20.2 Å². The maximum Gasteiger partial charge on any atom is 0.278 e. The number of nitrogens with zero attached hydrogens (tertiary/aromatic N) is 4. The van der Waals surface area contributed by atoms with Crippen molar-refractivity contribution >= 4 is 78.1 Å². The van der Waals surface area contributed by atoms with E-state index in [9.17, 15) is 39.4 Å². The van der Waals surface area contributed by atoms with Crippen LogP contribution in [0.5, 0.6) is 0 Å². The molecule has 0 saturated heterocycles. The summed E-state index contributed by atoms with van der Waals surface area (Å²) in [5, 5.41) is 25.8. The lowest BCUT2D eigenvalue weighted by atomic mass is 9.81. The first kappa shape index (κ1) is 21.7. The molecule has 0 spiro atoms. The van der Waals surface area contributed by atoms with Gasteiger partial charge in [-0.3, -0.25) is 49.2 Å². The summed E-state index contributed by atoms with van der Waals surface area (Å²) in [6.07, 6.45) is 0. The van der Waals surface area contributed by atoms with E-state index in [-0.39, 0.29) is 65.3 Å². The number of fused-ring (bicyclic) bond motifs is 2. The van der Waals surface area contributed by atoms with Crippen LogP contribution >= 0.6 is 0 Å². The first-order chi connectivity index (χ1) is 18.0. The van der Waals surface area contributed by atoms with Crippen LogP contribution < -0.4 is 0 Å². The van der Waals surface area contributed by atoms with Gasteiger partial charge in [0.2, 0.25) is 0 Å². The van der Waals surface area contributed by atoms with Gasteiger partial charge in [-0.2, -0.15) is 0 Å². The van der Waals surface area contributed by atoms with Gasteiger partial charge in [0.15, 0.2) is 0 Å². The molecule has 184 valence electrons. The Kier molecular flexibility index (Phi) is 3.79. The first-order valence-electron chi connectivity index (χ1n) is 11.3. The Morgan fingerprint density at radius 1 is 0.526 bits per heavy atom. The van der Waals surface area contributed by atoms with Crippen LogP contribution in [0.15, 0.2) is 36.4 Å². The van der Waals surface area contributed by atoms with Crippen LogP contribution in [0.1, 0.15) is 41.4 Å². The van der Waals surface area contributed by atoms with E-state index in [1.807, 2.05) is 0 Å². The molecular formula is C26H12N4O8. The number of carbonyl (C=O) groups is 4. The second kappa shape index (κ2) is 6.62. The van der Waals surface area contributed by atoms with E-state index < -0.39 is 44.9 Å². The van der Waals surface area contributed by atoms with Gasteiger partial charge in [-0.1, -0.05) is 12.1 Å². The van der Waals surface area contributed by atoms with Gasteiger partial charge >= 0.3 is 0 Å². The smallest absolute Gasteiger partial charge is 0.277 e. The molecule has 0 N–H and O–H groups in total. The van der Waals surface area contributed by atoms with Gasteiger partial charge in [-0.05, 0) is 22.9 Å². The molecule has 0 unspecified atom stereocenters. The Morgan fingerprint density at radius 3 is 1.21 bits per heavy atom. The summed E-state index contributed by atoms with van der Waals surface area (Å²) in [7, 11) is 2.54. The number of non-ortho nitro benzene ring substituents is 2. The molecule has 0 saturated carbocycles. The van der Waals surface area contributed by atoms with E-state index in [0.29, 0.717) is 0 Å². The Hall–Kier alpha value is -5.52. The zero-order valence-corrected chi connectivity index (χ0v) is 19.5. The summed E-state index contributed by atoms with van der Waals surface area (Å²) in [6.45, 7) is 0. The molecule has 2 aliphatic heterocycles. The second-order valence-corrected chi connectivity index (χ2v) is 9.31. The Balaban J connectivity index is 1.88. The van der Waals surface area contributed by atoms with Crippen LogP contribution in [0.3, 0.4) is 0 Å². The zero-order valence-electron chi connectivity index (χ0n) is 19.5. The quantitative estimate of drug-likeness (QED) is 0.114. The van der Waals surface area contributed by atoms with Crippen molar-refractivity contribution in [3.63, 3.8) is 0 Å². The number of carbonyl (C=O) groups excluding carboxylic acids is 4. The molecule has 2 aliphatic rings. The minimum atomic E-state index is -0.737. The lowest BCUT2D eigenvalue weighted by Crippen LogP contribution is -2.37. The average Bonchev–Trinajstić information content (AvgIpc) is 2.90. The number of hydrogen-bond donors (Lipinski definition) is 0. The third-order valence-corrected chi connectivity index (χ3v) is 7.60. The second-order valence-electron chi connectivity index (χ2n) is 9.31. The largest absolute Gasteiger partial charge is 0.278 e. The molecule has 2 heterocycles. The molecule has 5 aromatic carbocycles. The minimum Gasteiger partial charge on any atom is -0.277 e. The first-order valence-corrected chi connectivity index (χ1v) is 11.3. The van der Waals surface area contributed by atoms with Crippen molar-refractivity contribution in [3.8, 4) is 0 Å². The monoisotopic (exact) mass is 508 g/mol. The molecule has 0 radical (unpaired) electrons. The normalized spacial score (nSPS) is 15.1. The van der Waals surface area contributed by atoms with E-state index in [4.69, 9.17) is 0 Å². The topological polar surface area (TPSA) is 161 Å². The van der Waals surface area contributed by atoms with Gasteiger partial charge in [-0.25, -0.2) is 0 Å². The van der Waals surface area contributed by atoms with Gasteiger partial charge < -0.3 is 0 Å². The zero-order chi connectivity index (χ0) is 26.9. The Morgan fingerprint density at radius 2 is 0.868 bits per heavy atom. The van der Waals surface area contributed by atoms with Crippen LogP contribution in [0.2, 0.25) is 0 Å². The molecule has 38 heavy (non-hydrogen) atoms. The van der Waals surface area contributed by atoms with Crippen molar-refractivity contribution in [2.24, 2.45) is 0 Å².